The number of nitrogens with one attached hydrogen (secondary N) is 1. The van der Waals surface area contributed by atoms with Crippen LogP contribution in [0.15, 0.2) is 66.7 Å². The van der Waals surface area contributed by atoms with Gasteiger partial charge in [-0.05, 0) is 35.9 Å². The number of fused-ring (bicyclic) bond motifs is 1. The largest absolute Gasteiger partial charge is 0.496 e. The molecule has 0 radical (unpaired) electrons. The molecule has 1 atom stereocenters. The van der Waals surface area contributed by atoms with Crippen LogP contribution in [0.1, 0.15) is 22.3 Å². The predicted octanol–water partition coefficient (Wildman–Crippen LogP) is 4.52. The van der Waals surface area contributed by atoms with Crippen molar-refractivity contribution in [3.05, 3.63) is 83.7 Å². The third kappa shape index (κ3) is 5.44. The van der Waals surface area contributed by atoms with Gasteiger partial charge in [0.25, 0.3) is 0 Å². The predicted molar refractivity (Wildman–Crippen MR) is 141 cm³/mol. The molecule has 0 aromatic heterocycles. The number of amides is 1. The van der Waals surface area contributed by atoms with Crippen molar-refractivity contribution < 1.29 is 23.5 Å². The zero-order valence-corrected chi connectivity index (χ0v) is 20.8. The van der Waals surface area contributed by atoms with Gasteiger partial charge in [-0.15, -0.1) is 0 Å². The normalized spacial score (nSPS) is 17.6. The molecule has 1 saturated heterocycles. The lowest BCUT2D eigenvalue weighted by atomic mass is 9.95. The van der Waals surface area contributed by atoms with Gasteiger partial charge in [0.05, 0.1) is 49.7 Å². The summed E-state index contributed by atoms with van der Waals surface area (Å²) in [5.41, 5.74) is 3.45. The highest BCUT2D eigenvalue weighted by atomic mass is 19.1. The molecule has 0 unspecified atom stereocenters. The van der Waals surface area contributed by atoms with Crippen LogP contribution in [0.4, 0.5) is 21.5 Å². The summed E-state index contributed by atoms with van der Waals surface area (Å²) in [6.07, 6.45) is 0.000848. The summed E-state index contributed by atoms with van der Waals surface area (Å²) in [5, 5.41) is 3.26. The highest BCUT2D eigenvalue weighted by Crippen LogP contribution is 2.34. The molecule has 0 aliphatic carbocycles. The molecule has 8 heteroatoms. The minimum Gasteiger partial charge on any atom is -0.496 e. The van der Waals surface area contributed by atoms with Gasteiger partial charge in [-0.1, -0.05) is 30.3 Å². The maximum absolute atomic E-state index is 14.2. The zero-order chi connectivity index (χ0) is 25.8. The van der Waals surface area contributed by atoms with Crippen LogP contribution in [0.25, 0.3) is 0 Å². The maximum Gasteiger partial charge on any atom is 0.232 e. The van der Waals surface area contributed by atoms with E-state index in [0.717, 1.165) is 24.3 Å². The van der Waals surface area contributed by atoms with E-state index < -0.39 is 11.7 Å². The Balaban J connectivity index is 1.39. The van der Waals surface area contributed by atoms with Crippen LogP contribution in [0.3, 0.4) is 0 Å². The summed E-state index contributed by atoms with van der Waals surface area (Å²) in [6.45, 7) is 3.41. The van der Waals surface area contributed by atoms with Crippen molar-refractivity contribution in [3.8, 4) is 5.75 Å². The molecule has 0 spiro atoms. The molecule has 192 valence electrons. The van der Waals surface area contributed by atoms with Crippen molar-refractivity contribution in [1.82, 2.24) is 0 Å². The Morgan fingerprint density at radius 3 is 2.62 bits per heavy atom. The molecule has 5 rings (SSSR count). The number of morpholine rings is 1. The van der Waals surface area contributed by atoms with Crippen molar-refractivity contribution in [1.29, 1.82) is 0 Å². The Kier molecular flexibility index (Phi) is 7.37. The second-order valence-corrected chi connectivity index (χ2v) is 9.26. The number of rotatable bonds is 7. The Morgan fingerprint density at radius 1 is 1.08 bits per heavy atom. The SMILES string of the molecule is COc1cc(N2CCOCC2)ccc1C(=O)C[C@H]1CNc2ccc(F)cc2N(Cc2ccccc2)C1=O. The smallest absolute Gasteiger partial charge is 0.232 e. The number of benzene rings is 3. The molecule has 2 heterocycles. The minimum atomic E-state index is -0.629. The van der Waals surface area contributed by atoms with Gasteiger partial charge in [0.1, 0.15) is 11.6 Å². The van der Waals surface area contributed by atoms with E-state index in [9.17, 15) is 14.0 Å². The summed E-state index contributed by atoms with van der Waals surface area (Å²) in [6, 6.07) is 19.5. The first-order chi connectivity index (χ1) is 18.0. The molecule has 7 nitrogen and oxygen atoms in total. The first-order valence-electron chi connectivity index (χ1n) is 12.5. The fraction of sp³-hybridized carbons (Fsp3) is 0.310. The van der Waals surface area contributed by atoms with Crippen molar-refractivity contribution in [2.75, 3.05) is 55.1 Å². The van der Waals surface area contributed by atoms with E-state index in [1.54, 1.807) is 24.1 Å². The van der Waals surface area contributed by atoms with Gasteiger partial charge in [0.15, 0.2) is 5.78 Å². The Bertz CT molecular complexity index is 1280. The van der Waals surface area contributed by atoms with Crippen LogP contribution in [-0.4, -0.2) is 51.6 Å². The number of halogens is 1. The topological polar surface area (TPSA) is 71.1 Å². The Morgan fingerprint density at radius 2 is 1.86 bits per heavy atom. The molecule has 3 aromatic carbocycles. The van der Waals surface area contributed by atoms with Crippen LogP contribution in [0, 0.1) is 11.7 Å². The molecule has 3 aromatic rings. The van der Waals surface area contributed by atoms with Crippen LogP contribution < -0.4 is 19.9 Å². The lowest BCUT2D eigenvalue weighted by Gasteiger charge is -2.29. The second kappa shape index (κ2) is 11.0. The molecule has 1 amide bonds. The summed E-state index contributed by atoms with van der Waals surface area (Å²) in [5.74, 6) is -0.976. The monoisotopic (exact) mass is 503 g/mol. The lowest BCUT2D eigenvalue weighted by molar-refractivity contribution is -0.122. The zero-order valence-electron chi connectivity index (χ0n) is 20.8. The lowest BCUT2D eigenvalue weighted by Crippen LogP contribution is -2.37. The minimum absolute atomic E-state index is 0.000848. The second-order valence-electron chi connectivity index (χ2n) is 9.26. The summed E-state index contributed by atoms with van der Waals surface area (Å²) >= 11 is 0. The van der Waals surface area contributed by atoms with E-state index in [1.807, 2.05) is 42.5 Å². The van der Waals surface area contributed by atoms with Crippen molar-refractivity contribution in [2.45, 2.75) is 13.0 Å². The van der Waals surface area contributed by atoms with Gasteiger partial charge in [-0.25, -0.2) is 4.39 Å². The average molecular weight is 504 g/mol. The van der Waals surface area contributed by atoms with Gasteiger partial charge >= 0.3 is 0 Å². The van der Waals surface area contributed by atoms with Crippen LogP contribution in [0.2, 0.25) is 0 Å². The Labute approximate surface area is 215 Å². The van der Waals surface area contributed by atoms with Gasteiger partial charge in [-0.2, -0.15) is 0 Å². The first kappa shape index (κ1) is 24.8. The van der Waals surface area contributed by atoms with E-state index in [0.29, 0.717) is 35.9 Å². The van der Waals surface area contributed by atoms with E-state index in [1.165, 1.54) is 12.1 Å². The molecule has 2 aliphatic rings. The highest BCUT2D eigenvalue weighted by Gasteiger charge is 2.33. The number of Topliss-reactive ketones (excluding diaryl/α,β-unsaturated/α-hetero) is 1. The van der Waals surface area contributed by atoms with E-state index in [-0.39, 0.29) is 31.2 Å². The maximum atomic E-state index is 14.2. The number of ketones is 1. The number of hydrogen-bond acceptors (Lipinski definition) is 6. The summed E-state index contributed by atoms with van der Waals surface area (Å²) < 4.78 is 25.2. The number of carbonyl (C=O) groups excluding carboxylic acids is 2. The quantitative estimate of drug-likeness (QED) is 0.478. The van der Waals surface area contributed by atoms with E-state index >= 15 is 0 Å². The Hall–Kier alpha value is -3.91. The number of hydrogen-bond donors (Lipinski definition) is 1. The number of ether oxygens (including phenoxy) is 2. The van der Waals surface area contributed by atoms with Gasteiger partial charge in [0.2, 0.25) is 5.91 Å². The van der Waals surface area contributed by atoms with E-state index in [2.05, 4.69) is 10.2 Å². The molecular formula is C29H30FN3O4. The van der Waals surface area contributed by atoms with Crippen molar-refractivity contribution >= 4 is 28.8 Å². The van der Waals surface area contributed by atoms with Gasteiger partial charge < -0.3 is 24.6 Å². The number of nitrogens with zero attached hydrogens (tertiary/aromatic N) is 2. The fourth-order valence-corrected chi connectivity index (χ4v) is 4.89. The number of anilines is 3. The summed E-state index contributed by atoms with van der Waals surface area (Å²) in [4.78, 5) is 31.0. The van der Waals surface area contributed by atoms with E-state index in [4.69, 9.17) is 9.47 Å². The van der Waals surface area contributed by atoms with Crippen molar-refractivity contribution in [2.24, 2.45) is 5.92 Å². The van der Waals surface area contributed by atoms with Crippen LogP contribution in [0.5, 0.6) is 5.75 Å². The molecule has 2 aliphatic heterocycles. The third-order valence-electron chi connectivity index (χ3n) is 6.88. The van der Waals surface area contributed by atoms with Gasteiger partial charge in [0, 0.05) is 37.8 Å². The molecule has 0 saturated carbocycles. The highest BCUT2D eigenvalue weighted by molar-refractivity contribution is 6.05. The molecule has 1 N–H and O–H groups in total. The first-order valence-corrected chi connectivity index (χ1v) is 12.5. The molecular weight excluding hydrogens is 473 g/mol. The fourth-order valence-electron chi connectivity index (χ4n) is 4.89. The number of methoxy groups -OCH3 is 1. The molecule has 37 heavy (non-hydrogen) atoms. The summed E-state index contributed by atoms with van der Waals surface area (Å²) in [7, 11) is 1.54. The standard InChI is InChI=1S/C29H30FN3O4/c1-36-28-17-23(32-11-13-37-14-12-32)8-9-24(28)27(34)15-21-18-31-25-10-7-22(30)16-26(25)33(29(21)35)19-20-5-3-2-4-6-20/h2-10,16-17,21,31H,11-15,18-19H2,1H3/t21-/m0/s1. The third-order valence-corrected chi connectivity index (χ3v) is 6.88. The molecule has 0 bridgehead atoms. The van der Waals surface area contributed by atoms with Crippen LogP contribution in [-0.2, 0) is 16.1 Å². The van der Waals surface area contributed by atoms with Crippen molar-refractivity contribution in [3.63, 3.8) is 0 Å². The van der Waals surface area contributed by atoms with Gasteiger partial charge in [-0.3, -0.25) is 9.59 Å². The van der Waals surface area contributed by atoms with Crippen LogP contribution >= 0.6 is 0 Å². The number of carbonyl (C=O) groups is 2. The molecule has 1 fully saturated rings. The average Bonchev–Trinajstić information content (AvgIpc) is 3.06.